The van der Waals surface area contributed by atoms with E-state index in [4.69, 9.17) is 4.98 Å². The minimum atomic E-state index is -0.378. The maximum Gasteiger partial charge on any atom is 0.278 e. The van der Waals surface area contributed by atoms with Gasteiger partial charge in [0.2, 0.25) is 0 Å². The Morgan fingerprint density at radius 3 is 2.72 bits per heavy atom. The molecule has 0 aliphatic rings. The predicted molar refractivity (Wildman–Crippen MR) is 101 cm³/mol. The molecule has 0 bridgehead atoms. The second-order valence-corrected chi connectivity index (χ2v) is 7.74. The average Bonchev–Trinajstić information content (AvgIpc) is 3.04. The topological polar surface area (TPSA) is 81.0 Å². The molecule has 0 unspecified atom stereocenters. The Morgan fingerprint density at radius 1 is 1.24 bits per heavy atom. The predicted octanol–water partition coefficient (Wildman–Crippen LogP) is 4.55. The quantitative estimate of drug-likeness (QED) is 0.536. The molecule has 130 valence electrons. The Kier molecular flexibility index (Phi) is 4.67. The van der Waals surface area contributed by atoms with Crippen LogP contribution in [0.25, 0.3) is 10.8 Å². The van der Waals surface area contributed by atoms with Crippen molar-refractivity contribution in [2.24, 2.45) is 0 Å². The van der Waals surface area contributed by atoms with Gasteiger partial charge in [-0.25, -0.2) is 4.98 Å². The fourth-order valence-electron chi connectivity index (χ4n) is 2.58. The van der Waals surface area contributed by atoms with Crippen molar-refractivity contribution in [1.29, 1.82) is 0 Å². The molecule has 0 aliphatic heterocycles. The molecule has 0 saturated heterocycles. The van der Waals surface area contributed by atoms with Gasteiger partial charge in [0.1, 0.15) is 0 Å². The summed E-state index contributed by atoms with van der Waals surface area (Å²) in [5, 5.41) is 19.1. The zero-order valence-electron chi connectivity index (χ0n) is 14.4. The molecular formula is C18H20N4O2S. The van der Waals surface area contributed by atoms with Crippen LogP contribution in [0.3, 0.4) is 0 Å². The first kappa shape index (κ1) is 17.3. The summed E-state index contributed by atoms with van der Waals surface area (Å²) in [6.07, 6.45) is 3.98. The van der Waals surface area contributed by atoms with Crippen LogP contribution in [0.1, 0.15) is 31.5 Å². The second kappa shape index (κ2) is 6.76. The SMILES string of the molecule is CC(C)(C)c1nc(CCNc2ccc([N+](=O)[O-])c3cnccc23)cs1. The molecular weight excluding hydrogens is 336 g/mol. The smallest absolute Gasteiger partial charge is 0.278 e. The largest absolute Gasteiger partial charge is 0.384 e. The van der Waals surface area contributed by atoms with E-state index in [-0.39, 0.29) is 16.0 Å². The van der Waals surface area contributed by atoms with Crippen LogP contribution in [0, 0.1) is 10.1 Å². The molecule has 0 atom stereocenters. The van der Waals surface area contributed by atoms with Crippen LogP contribution in [0.2, 0.25) is 0 Å². The molecule has 25 heavy (non-hydrogen) atoms. The lowest BCUT2D eigenvalue weighted by molar-refractivity contribution is -0.383. The summed E-state index contributed by atoms with van der Waals surface area (Å²) in [7, 11) is 0. The molecule has 3 rings (SSSR count). The van der Waals surface area contributed by atoms with Crippen LogP contribution >= 0.6 is 11.3 Å². The summed E-state index contributed by atoms with van der Waals surface area (Å²) in [4.78, 5) is 19.5. The summed E-state index contributed by atoms with van der Waals surface area (Å²) < 4.78 is 0. The molecule has 1 aromatic carbocycles. The first-order chi connectivity index (χ1) is 11.9. The molecule has 1 N–H and O–H groups in total. The number of non-ortho nitro benzene ring substituents is 1. The number of aromatic nitrogens is 2. The van der Waals surface area contributed by atoms with E-state index in [0.717, 1.165) is 28.2 Å². The number of pyridine rings is 1. The van der Waals surface area contributed by atoms with Crippen LogP contribution in [-0.4, -0.2) is 21.4 Å². The van der Waals surface area contributed by atoms with Crippen molar-refractivity contribution in [2.75, 3.05) is 11.9 Å². The first-order valence-corrected chi connectivity index (χ1v) is 8.94. The van der Waals surface area contributed by atoms with Gasteiger partial charge in [0.25, 0.3) is 5.69 Å². The van der Waals surface area contributed by atoms with E-state index in [1.807, 2.05) is 0 Å². The summed E-state index contributed by atoms with van der Waals surface area (Å²) in [6, 6.07) is 5.07. The summed E-state index contributed by atoms with van der Waals surface area (Å²) in [5.41, 5.74) is 2.07. The zero-order chi connectivity index (χ0) is 18.0. The number of benzene rings is 1. The van der Waals surface area contributed by atoms with Gasteiger partial charge in [-0.15, -0.1) is 11.3 Å². The number of thiazole rings is 1. The second-order valence-electron chi connectivity index (χ2n) is 6.88. The Balaban J connectivity index is 1.75. The van der Waals surface area contributed by atoms with E-state index >= 15 is 0 Å². The number of nitrogens with one attached hydrogen (secondary N) is 1. The van der Waals surface area contributed by atoms with E-state index in [2.05, 4.69) is 36.5 Å². The van der Waals surface area contributed by atoms with E-state index in [9.17, 15) is 10.1 Å². The number of hydrogen-bond donors (Lipinski definition) is 1. The Hall–Kier alpha value is -2.54. The Labute approximate surface area is 150 Å². The molecule has 2 aromatic heterocycles. The Morgan fingerprint density at radius 2 is 2.04 bits per heavy atom. The van der Waals surface area contributed by atoms with E-state index in [0.29, 0.717) is 11.9 Å². The third-order valence-electron chi connectivity index (χ3n) is 3.88. The maximum absolute atomic E-state index is 11.2. The maximum atomic E-state index is 11.2. The minimum absolute atomic E-state index is 0.0674. The van der Waals surface area contributed by atoms with E-state index in [1.165, 1.54) is 12.3 Å². The molecule has 6 nitrogen and oxygen atoms in total. The van der Waals surface area contributed by atoms with E-state index in [1.54, 1.807) is 29.7 Å². The number of nitro groups is 1. The number of nitrogens with zero attached hydrogens (tertiary/aromatic N) is 3. The summed E-state index contributed by atoms with van der Waals surface area (Å²) >= 11 is 1.69. The number of nitro benzene ring substituents is 1. The van der Waals surface area contributed by atoms with Gasteiger partial charge in [0, 0.05) is 53.3 Å². The molecule has 0 fully saturated rings. The highest BCUT2D eigenvalue weighted by molar-refractivity contribution is 7.09. The normalized spacial score (nSPS) is 11.6. The average molecular weight is 356 g/mol. The number of anilines is 1. The highest BCUT2D eigenvalue weighted by atomic mass is 32.1. The van der Waals surface area contributed by atoms with Crippen LogP contribution in [0.4, 0.5) is 11.4 Å². The molecule has 0 amide bonds. The van der Waals surface area contributed by atoms with Gasteiger partial charge in [-0.2, -0.15) is 0 Å². The van der Waals surface area contributed by atoms with Crippen LogP contribution in [-0.2, 0) is 11.8 Å². The lowest BCUT2D eigenvalue weighted by atomic mass is 9.98. The fraction of sp³-hybridized carbons (Fsp3) is 0.333. The van der Waals surface area contributed by atoms with Crippen molar-refractivity contribution in [3.63, 3.8) is 0 Å². The van der Waals surface area contributed by atoms with Crippen LogP contribution in [0.5, 0.6) is 0 Å². The summed E-state index contributed by atoms with van der Waals surface area (Å²) in [6.45, 7) is 7.18. The molecule has 0 radical (unpaired) electrons. The molecule has 3 aromatic rings. The van der Waals surface area contributed by atoms with Gasteiger partial charge >= 0.3 is 0 Å². The first-order valence-electron chi connectivity index (χ1n) is 8.06. The van der Waals surface area contributed by atoms with Gasteiger partial charge in [-0.05, 0) is 12.1 Å². The zero-order valence-corrected chi connectivity index (χ0v) is 15.3. The van der Waals surface area contributed by atoms with Gasteiger partial charge in [0.05, 0.1) is 21.0 Å². The lowest BCUT2D eigenvalue weighted by Crippen LogP contribution is -2.11. The van der Waals surface area contributed by atoms with Gasteiger partial charge < -0.3 is 5.32 Å². The molecule has 7 heteroatoms. The number of fused-ring (bicyclic) bond motifs is 1. The minimum Gasteiger partial charge on any atom is -0.384 e. The van der Waals surface area contributed by atoms with Crippen molar-refractivity contribution in [3.05, 3.63) is 56.8 Å². The van der Waals surface area contributed by atoms with Crippen LogP contribution < -0.4 is 5.32 Å². The standard InChI is InChI=1S/C18H20N4O2S/c1-18(2,3)17-21-12(11-25-17)6-9-20-15-4-5-16(22(23)24)14-10-19-8-7-13(14)15/h4-5,7-8,10-11,20H,6,9H2,1-3H3. The molecule has 0 spiro atoms. The number of rotatable bonds is 5. The monoisotopic (exact) mass is 356 g/mol. The number of hydrogen-bond acceptors (Lipinski definition) is 6. The molecule has 0 saturated carbocycles. The lowest BCUT2D eigenvalue weighted by Gasteiger charge is -2.13. The van der Waals surface area contributed by atoms with Crippen molar-refractivity contribution in [3.8, 4) is 0 Å². The van der Waals surface area contributed by atoms with Crippen molar-refractivity contribution in [2.45, 2.75) is 32.6 Å². The van der Waals surface area contributed by atoms with E-state index < -0.39 is 0 Å². The highest BCUT2D eigenvalue weighted by Crippen LogP contribution is 2.31. The molecule has 2 heterocycles. The fourth-order valence-corrected chi connectivity index (χ4v) is 3.52. The third-order valence-corrected chi connectivity index (χ3v) is 5.20. The van der Waals surface area contributed by atoms with Crippen LogP contribution in [0.15, 0.2) is 36.0 Å². The molecule has 0 aliphatic carbocycles. The van der Waals surface area contributed by atoms with Crippen molar-refractivity contribution in [1.82, 2.24) is 9.97 Å². The van der Waals surface area contributed by atoms with Crippen molar-refractivity contribution >= 4 is 33.5 Å². The van der Waals surface area contributed by atoms with Gasteiger partial charge in [-0.1, -0.05) is 20.8 Å². The van der Waals surface area contributed by atoms with Gasteiger partial charge in [0.15, 0.2) is 0 Å². The summed E-state index contributed by atoms with van der Waals surface area (Å²) in [5.74, 6) is 0. The van der Waals surface area contributed by atoms with Crippen molar-refractivity contribution < 1.29 is 4.92 Å². The third kappa shape index (κ3) is 3.76. The van der Waals surface area contributed by atoms with Gasteiger partial charge in [-0.3, -0.25) is 15.1 Å². The Bertz CT molecular complexity index is 915. The highest BCUT2D eigenvalue weighted by Gasteiger charge is 2.18.